The average Bonchev–Trinajstić information content (AvgIpc) is 3.07. The highest BCUT2D eigenvalue weighted by atomic mass is 35.5. The third kappa shape index (κ3) is 2.44. The summed E-state index contributed by atoms with van der Waals surface area (Å²) in [7, 11) is 0. The van der Waals surface area contributed by atoms with Gasteiger partial charge in [-0.3, -0.25) is 4.99 Å². The zero-order valence-electron chi connectivity index (χ0n) is 15.4. The standard InChI is InChI=1S/C22H25N3.ClH/c1-22(2)13-14-23-20-18-10-6-7-11-19(18)24-15-12-17(21(24)25(20)22)16-8-4-3-5-9-16;/h3-11,17,21H,12-15H2,1-2H3;1H. The molecule has 2 aromatic rings. The fourth-order valence-electron chi connectivity index (χ4n) is 4.93. The molecule has 5 rings (SSSR count). The minimum Gasteiger partial charge on any atom is -0.350 e. The van der Waals surface area contributed by atoms with E-state index in [-0.39, 0.29) is 17.9 Å². The molecule has 4 heteroatoms. The predicted octanol–water partition coefficient (Wildman–Crippen LogP) is 4.67. The van der Waals surface area contributed by atoms with Crippen LogP contribution in [0.5, 0.6) is 0 Å². The Morgan fingerprint density at radius 2 is 1.73 bits per heavy atom. The molecule has 0 spiro atoms. The second-order valence-electron chi connectivity index (χ2n) is 8.07. The predicted molar refractivity (Wildman–Crippen MR) is 111 cm³/mol. The minimum absolute atomic E-state index is 0. The molecule has 0 saturated carbocycles. The van der Waals surface area contributed by atoms with Gasteiger partial charge in [0.2, 0.25) is 0 Å². The number of hydrogen-bond donors (Lipinski definition) is 0. The lowest BCUT2D eigenvalue weighted by atomic mass is 9.86. The Balaban J connectivity index is 0.00000168. The number of hydrogen-bond acceptors (Lipinski definition) is 3. The summed E-state index contributed by atoms with van der Waals surface area (Å²) in [5.41, 5.74) is 4.25. The molecule has 3 heterocycles. The Bertz CT molecular complexity index is 830. The Morgan fingerprint density at radius 3 is 2.54 bits per heavy atom. The average molecular weight is 368 g/mol. The maximum absolute atomic E-state index is 4.99. The summed E-state index contributed by atoms with van der Waals surface area (Å²) in [6.07, 6.45) is 2.68. The Morgan fingerprint density at radius 1 is 1.00 bits per heavy atom. The van der Waals surface area contributed by atoms with Crippen molar-refractivity contribution in [2.45, 2.75) is 44.3 Å². The van der Waals surface area contributed by atoms with E-state index in [9.17, 15) is 0 Å². The van der Waals surface area contributed by atoms with Crippen LogP contribution in [0.4, 0.5) is 5.69 Å². The highest BCUT2D eigenvalue weighted by Gasteiger charge is 2.50. The second kappa shape index (κ2) is 6.31. The Labute approximate surface area is 162 Å². The van der Waals surface area contributed by atoms with Crippen molar-refractivity contribution >= 4 is 23.9 Å². The lowest BCUT2D eigenvalue weighted by Crippen LogP contribution is -2.63. The molecule has 26 heavy (non-hydrogen) atoms. The van der Waals surface area contributed by atoms with Crippen molar-refractivity contribution in [2.24, 2.45) is 4.99 Å². The maximum Gasteiger partial charge on any atom is 0.135 e. The molecule has 3 aliphatic heterocycles. The molecule has 0 aliphatic carbocycles. The van der Waals surface area contributed by atoms with Crippen LogP contribution in [0.3, 0.4) is 0 Å². The van der Waals surface area contributed by atoms with Gasteiger partial charge in [0, 0.05) is 35.8 Å². The highest BCUT2D eigenvalue weighted by Crippen LogP contribution is 2.47. The summed E-state index contributed by atoms with van der Waals surface area (Å²) < 4.78 is 0. The number of amidine groups is 1. The van der Waals surface area contributed by atoms with E-state index >= 15 is 0 Å². The van der Waals surface area contributed by atoms with Crippen LogP contribution >= 0.6 is 12.4 Å². The molecular weight excluding hydrogens is 342 g/mol. The van der Waals surface area contributed by atoms with Gasteiger partial charge in [-0.25, -0.2) is 0 Å². The monoisotopic (exact) mass is 367 g/mol. The van der Waals surface area contributed by atoms with Crippen LogP contribution in [0.2, 0.25) is 0 Å². The topological polar surface area (TPSA) is 18.8 Å². The van der Waals surface area contributed by atoms with Crippen LogP contribution in [0.15, 0.2) is 59.6 Å². The van der Waals surface area contributed by atoms with Crippen molar-refractivity contribution in [2.75, 3.05) is 18.0 Å². The van der Waals surface area contributed by atoms with E-state index in [1.54, 1.807) is 0 Å². The summed E-state index contributed by atoms with van der Waals surface area (Å²) in [4.78, 5) is 10.2. The molecule has 0 amide bonds. The first-order valence-corrected chi connectivity index (χ1v) is 9.42. The third-order valence-corrected chi connectivity index (χ3v) is 6.17. The Hall–Kier alpha value is -2.00. The molecule has 3 nitrogen and oxygen atoms in total. The maximum atomic E-state index is 4.99. The van der Waals surface area contributed by atoms with Crippen molar-refractivity contribution in [3.63, 3.8) is 0 Å². The van der Waals surface area contributed by atoms with Crippen LogP contribution in [-0.4, -0.2) is 35.5 Å². The van der Waals surface area contributed by atoms with E-state index in [1.165, 1.54) is 29.1 Å². The Kier molecular flexibility index (Phi) is 4.23. The van der Waals surface area contributed by atoms with E-state index in [2.05, 4.69) is 78.2 Å². The lowest BCUT2D eigenvalue weighted by Gasteiger charge is -2.54. The number of para-hydroxylation sites is 1. The van der Waals surface area contributed by atoms with Gasteiger partial charge in [0.15, 0.2) is 0 Å². The van der Waals surface area contributed by atoms with Crippen LogP contribution in [-0.2, 0) is 0 Å². The van der Waals surface area contributed by atoms with Gasteiger partial charge < -0.3 is 9.80 Å². The van der Waals surface area contributed by atoms with Gasteiger partial charge in [-0.05, 0) is 44.4 Å². The molecule has 0 bridgehead atoms. The lowest BCUT2D eigenvalue weighted by molar-refractivity contribution is 0.129. The van der Waals surface area contributed by atoms with Gasteiger partial charge in [-0.15, -0.1) is 12.4 Å². The molecule has 1 fully saturated rings. The van der Waals surface area contributed by atoms with Crippen molar-refractivity contribution in [1.29, 1.82) is 0 Å². The third-order valence-electron chi connectivity index (χ3n) is 6.17. The van der Waals surface area contributed by atoms with Crippen molar-refractivity contribution in [3.8, 4) is 0 Å². The first kappa shape index (κ1) is 17.4. The quantitative estimate of drug-likeness (QED) is 0.729. The fourth-order valence-corrected chi connectivity index (χ4v) is 4.93. The molecule has 2 aromatic carbocycles. The smallest absolute Gasteiger partial charge is 0.135 e. The summed E-state index contributed by atoms with van der Waals surface area (Å²) in [6.45, 7) is 6.80. The van der Waals surface area contributed by atoms with E-state index in [0.29, 0.717) is 12.1 Å². The number of halogens is 1. The molecule has 0 aromatic heterocycles. The molecule has 0 radical (unpaired) electrons. The summed E-state index contributed by atoms with van der Waals surface area (Å²) in [5, 5.41) is 0. The largest absolute Gasteiger partial charge is 0.350 e. The van der Waals surface area contributed by atoms with Crippen molar-refractivity contribution in [3.05, 3.63) is 65.7 Å². The molecule has 2 atom stereocenters. The molecule has 136 valence electrons. The number of rotatable bonds is 1. The fraction of sp³-hybridized carbons (Fsp3) is 0.409. The normalized spacial score (nSPS) is 25.5. The minimum atomic E-state index is 0. The zero-order valence-corrected chi connectivity index (χ0v) is 16.2. The number of fused-ring (bicyclic) bond motifs is 6. The summed E-state index contributed by atoms with van der Waals surface area (Å²) >= 11 is 0. The molecule has 1 saturated heterocycles. The van der Waals surface area contributed by atoms with Crippen LogP contribution in [0.25, 0.3) is 0 Å². The zero-order chi connectivity index (χ0) is 17.0. The second-order valence-corrected chi connectivity index (χ2v) is 8.07. The van der Waals surface area contributed by atoms with E-state index in [4.69, 9.17) is 4.99 Å². The van der Waals surface area contributed by atoms with E-state index < -0.39 is 0 Å². The summed E-state index contributed by atoms with van der Waals surface area (Å²) in [5.74, 6) is 1.73. The van der Waals surface area contributed by atoms with Crippen molar-refractivity contribution < 1.29 is 0 Å². The number of aliphatic imine (C=N–C) groups is 1. The number of nitrogens with zero attached hydrogens (tertiary/aromatic N) is 3. The van der Waals surface area contributed by atoms with Gasteiger partial charge in [-0.2, -0.15) is 0 Å². The SMILES string of the molecule is CC1(C)CCN=C2c3ccccc3N3CCC(c4ccccc4)C3N21.Cl. The first-order chi connectivity index (χ1) is 12.2. The van der Waals surface area contributed by atoms with E-state index in [1.807, 2.05) is 0 Å². The van der Waals surface area contributed by atoms with Gasteiger partial charge in [0.05, 0.1) is 0 Å². The van der Waals surface area contributed by atoms with Crippen LogP contribution in [0.1, 0.15) is 43.7 Å². The molecule has 3 aliphatic rings. The van der Waals surface area contributed by atoms with Gasteiger partial charge in [-0.1, -0.05) is 42.5 Å². The van der Waals surface area contributed by atoms with E-state index in [0.717, 1.165) is 19.5 Å². The summed E-state index contributed by atoms with van der Waals surface area (Å²) in [6, 6.07) is 19.9. The number of anilines is 1. The molecule has 2 unspecified atom stereocenters. The number of benzene rings is 2. The first-order valence-electron chi connectivity index (χ1n) is 9.42. The molecule has 0 N–H and O–H groups in total. The van der Waals surface area contributed by atoms with Gasteiger partial charge in [0.25, 0.3) is 0 Å². The van der Waals surface area contributed by atoms with Crippen molar-refractivity contribution in [1.82, 2.24) is 4.90 Å². The van der Waals surface area contributed by atoms with Crippen LogP contribution in [0, 0.1) is 0 Å². The molecular formula is C22H26ClN3. The highest BCUT2D eigenvalue weighted by molar-refractivity contribution is 6.06. The van der Waals surface area contributed by atoms with Gasteiger partial charge >= 0.3 is 0 Å². The van der Waals surface area contributed by atoms with Crippen LogP contribution < -0.4 is 4.90 Å². The van der Waals surface area contributed by atoms with Gasteiger partial charge in [0.1, 0.15) is 12.0 Å².